The summed E-state index contributed by atoms with van der Waals surface area (Å²) >= 11 is 0. The highest BCUT2D eigenvalue weighted by Crippen LogP contribution is 2.41. The molecule has 2 saturated carbocycles. The Balaban J connectivity index is 1.90. The molecule has 0 saturated heterocycles. The molecule has 0 aromatic heterocycles. The molecule has 2 fully saturated rings. The zero-order chi connectivity index (χ0) is 12.5. The van der Waals surface area contributed by atoms with Crippen molar-refractivity contribution in [3.8, 4) is 0 Å². The summed E-state index contributed by atoms with van der Waals surface area (Å²) in [5.41, 5.74) is -1.11. The average molecular weight is 239 g/mol. The Morgan fingerprint density at radius 3 is 2.18 bits per heavy atom. The van der Waals surface area contributed by atoms with Crippen LogP contribution in [0.1, 0.15) is 51.9 Å². The highest BCUT2D eigenvalue weighted by atomic mass is 16.4. The molecule has 0 bridgehead atoms. The molecule has 4 heteroatoms. The number of hydrogen-bond acceptors (Lipinski definition) is 2. The first-order chi connectivity index (χ1) is 8.04. The van der Waals surface area contributed by atoms with Gasteiger partial charge in [0.05, 0.1) is 0 Å². The SMILES string of the molecule is CC1CCC(NC(=O)C2(C(=O)O)CCC2)CC1. The van der Waals surface area contributed by atoms with Gasteiger partial charge in [0.15, 0.2) is 0 Å². The highest BCUT2D eigenvalue weighted by Gasteiger charge is 2.51. The molecule has 2 aliphatic carbocycles. The third-order valence-electron chi connectivity index (χ3n) is 4.40. The molecule has 17 heavy (non-hydrogen) atoms. The van der Waals surface area contributed by atoms with Crippen molar-refractivity contribution in [1.29, 1.82) is 0 Å². The van der Waals surface area contributed by atoms with E-state index in [1.54, 1.807) is 0 Å². The lowest BCUT2D eigenvalue weighted by Crippen LogP contribution is -2.53. The van der Waals surface area contributed by atoms with Gasteiger partial charge in [0.25, 0.3) is 0 Å². The maximum absolute atomic E-state index is 12.0. The van der Waals surface area contributed by atoms with Crippen LogP contribution in [-0.4, -0.2) is 23.0 Å². The first kappa shape index (κ1) is 12.4. The number of aliphatic carboxylic acids is 1. The van der Waals surface area contributed by atoms with E-state index in [1.807, 2.05) is 0 Å². The smallest absolute Gasteiger partial charge is 0.319 e. The lowest BCUT2D eigenvalue weighted by molar-refractivity contribution is -0.162. The fraction of sp³-hybridized carbons (Fsp3) is 0.846. The van der Waals surface area contributed by atoms with Gasteiger partial charge in [-0.05, 0) is 44.4 Å². The molecule has 4 nitrogen and oxygen atoms in total. The van der Waals surface area contributed by atoms with E-state index in [0.717, 1.165) is 38.0 Å². The zero-order valence-corrected chi connectivity index (χ0v) is 10.4. The Hall–Kier alpha value is -1.06. The van der Waals surface area contributed by atoms with Crippen molar-refractivity contribution < 1.29 is 14.7 Å². The van der Waals surface area contributed by atoms with Crippen LogP contribution in [0.2, 0.25) is 0 Å². The normalized spacial score (nSPS) is 31.4. The van der Waals surface area contributed by atoms with Crippen LogP contribution in [0.15, 0.2) is 0 Å². The van der Waals surface area contributed by atoms with Crippen LogP contribution in [0, 0.1) is 11.3 Å². The Bertz CT molecular complexity index is 315. The Morgan fingerprint density at radius 2 is 1.76 bits per heavy atom. The van der Waals surface area contributed by atoms with Crippen LogP contribution >= 0.6 is 0 Å². The van der Waals surface area contributed by atoms with E-state index >= 15 is 0 Å². The highest BCUT2D eigenvalue weighted by molar-refractivity contribution is 6.02. The van der Waals surface area contributed by atoms with Crippen LogP contribution < -0.4 is 5.32 Å². The molecular weight excluding hydrogens is 218 g/mol. The van der Waals surface area contributed by atoms with Gasteiger partial charge in [-0.25, -0.2) is 0 Å². The van der Waals surface area contributed by atoms with E-state index in [2.05, 4.69) is 12.2 Å². The van der Waals surface area contributed by atoms with Gasteiger partial charge in [0, 0.05) is 6.04 Å². The van der Waals surface area contributed by atoms with Crippen LogP contribution in [-0.2, 0) is 9.59 Å². The molecule has 2 N–H and O–H groups in total. The van der Waals surface area contributed by atoms with E-state index in [9.17, 15) is 9.59 Å². The van der Waals surface area contributed by atoms with Gasteiger partial charge in [0.2, 0.25) is 5.91 Å². The summed E-state index contributed by atoms with van der Waals surface area (Å²) in [4.78, 5) is 23.2. The van der Waals surface area contributed by atoms with Gasteiger partial charge >= 0.3 is 5.97 Å². The Labute approximate surface area is 102 Å². The molecule has 1 amide bonds. The molecule has 0 aromatic rings. The van der Waals surface area contributed by atoms with Gasteiger partial charge in [-0.3, -0.25) is 9.59 Å². The number of carbonyl (C=O) groups is 2. The molecule has 0 aromatic carbocycles. The number of rotatable bonds is 3. The number of carboxylic acid groups (broad SMARTS) is 1. The lowest BCUT2D eigenvalue weighted by Gasteiger charge is -2.38. The quantitative estimate of drug-likeness (QED) is 0.740. The molecule has 0 atom stereocenters. The molecule has 0 aliphatic heterocycles. The third kappa shape index (κ3) is 2.31. The second-order valence-electron chi connectivity index (χ2n) is 5.67. The summed E-state index contributed by atoms with van der Waals surface area (Å²) in [6.45, 7) is 2.22. The second kappa shape index (κ2) is 4.67. The summed E-state index contributed by atoms with van der Waals surface area (Å²) in [5.74, 6) is -0.471. The fourth-order valence-corrected chi connectivity index (χ4v) is 2.80. The van der Waals surface area contributed by atoms with Crippen molar-refractivity contribution in [2.75, 3.05) is 0 Å². The van der Waals surface area contributed by atoms with Crippen LogP contribution in [0.25, 0.3) is 0 Å². The lowest BCUT2D eigenvalue weighted by atomic mass is 9.68. The van der Waals surface area contributed by atoms with E-state index < -0.39 is 11.4 Å². The average Bonchev–Trinajstić information content (AvgIpc) is 2.19. The molecule has 2 rings (SSSR count). The van der Waals surface area contributed by atoms with Crippen LogP contribution in [0.4, 0.5) is 0 Å². The van der Waals surface area contributed by atoms with Gasteiger partial charge < -0.3 is 10.4 Å². The maximum atomic E-state index is 12.0. The number of amides is 1. The van der Waals surface area contributed by atoms with Crippen LogP contribution in [0.5, 0.6) is 0 Å². The minimum absolute atomic E-state index is 0.190. The monoisotopic (exact) mass is 239 g/mol. The zero-order valence-electron chi connectivity index (χ0n) is 10.4. The summed E-state index contributed by atoms with van der Waals surface area (Å²) in [6.07, 6.45) is 6.08. The predicted molar refractivity (Wildman–Crippen MR) is 63.5 cm³/mol. The van der Waals surface area contributed by atoms with E-state index in [0.29, 0.717) is 12.8 Å². The molecular formula is C13H21NO3. The van der Waals surface area contributed by atoms with Crippen molar-refractivity contribution in [3.05, 3.63) is 0 Å². The van der Waals surface area contributed by atoms with Crippen molar-refractivity contribution in [3.63, 3.8) is 0 Å². The first-order valence-corrected chi connectivity index (χ1v) is 6.59. The number of nitrogens with one attached hydrogen (secondary N) is 1. The van der Waals surface area contributed by atoms with Gasteiger partial charge in [0.1, 0.15) is 5.41 Å². The number of carbonyl (C=O) groups excluding carboxylic acids is 1. The number of hydrogen-bond donors (Lipinski definition) is 2. The second-order valence-corrected chi connectivity index (χ2v) is 5.67. The van der Waals surface area contributed by atoms with E-state index in [-0.39, 0.29) is 11.9 Å². The van der Waals surface area contributed by atoms with Gasteiger partial charge in [-0.15, -0.1) is 0 Å². The van der Waals surface area contributed by atoms with Crippen molar-refractivity contribution in [1.82, 2.24) is 5.32 Å². The summed E-state index contributed by atoms with van der Waals surface area (Å²) in [7, 11) is 0. The molecule has 96 valence electrons. The molecule has 0 heterocycles. The maximum Gasteiger partial charge on any atom is 0.319 e. The Morgan fingerprint density at radius 1 is 1.18 bits per heavy atom. The predicted octanol–water partition coefficient (Wildman–Crippen LogP) is 1.94. The standard InChI is InChI=1S/C13H21NO3/c1-9-3-5-10(6-4-9)14-11(15)13(12(16)17)7-2-8-13/h9-10H,2-8H2,1H3,(H,14,15)(H,16,17). The first-order valence-electron chi connectivity index (χ1n) is 6.59. The minimum atomic E-state index is -1.11. The fourth-order valence-electron chi connectivity index (χ4n) is 2.80. The minimum Gasteiger partial charge on any atom is -0.480 e. The largest absolute Gasteiger partial charge is 0.480 e. The third-order valence-corrected chi connectivity index (χ3v) is 4.40. The van der Waals surface area contributed by atoms with E-state index in [4.69, 9.17) is 5.11 Å². The summed E-state index contributed by atoms with van der Waals surface area (Å²) in [5, 5.41) is 12.1. The Kier molecular flexibility index (Phi) is 3.40. The van der Waals surface area contributed by atoms with Gasteiger partial charge in [-0.1, -0.05) is 13.3 Å². The van der Waals surface area contributed by atoms with Crippen LogP contribution in [0.3, 0.4) is 0 Å². The number of carboxylic acids is 1. The van der Waals surface area contributed by atoms with Gasteiger partial charge in [-0.2, -0.15) is 0 Å². The molecule has 0 unspecified atom stereocenters. The summed E-state index contributed by atoms with van der Waals surface area (Å²) in [6, 6.07) is 0.190. The molecule has 0 spiro atoms. The van der Waals surface area contributed by atoms with Crippen molar-refractivity contribution in [2.45, 2.75) is 57.9 Å². The van der Waals surface area contributed by atoms with Crippen molar-refractivity contribution >= 4 is 11.9 Å². The molecule has 0 radical (unpaired) electrons. The topological polar surface area (TPSA) is 66.4 Å². The molecule has 2 aliphatic rings. The van der Waals surface area contributed by atoms with E-state index in [1.165, 1.54) is 0 Å². The summed E-state index contributed by atoms with van der Waals surface area (Å²) < 4.78 is 0. The van der Waals surface area contributed by atoms with Crippen molar-refractivity contribution in [2.24, 2.45) is 11.3 Å².